The molecule has 29 heavy (non-hydrogen) atoms. The summed E-state index contributed by atoms with van der Waals surface area (Å²) in [4.78, 5) is 19.4. The zero-order chi connectivity index (χ0) is 20.0. The lowest BCUT2D eigenvalue weighted by Gasteiger charge is -2.29. The minimum atomic E-state index is -2.96. The number of nitrogens with zero attached hydrogens (tertiary/aromatic N) is 2. The first kappa shape index (κ1) is 18.7. The van der Waals surface area contributed by atoms with E-state index < -0.39 is 9.84 Å². The molecule has 6 nitrogen and oxygen atoms in total. The van der Waals surface area contributed by atoms with Crippen LogP contribution in [0.4, 0.5) is 5.69 Å². The topological polar surface area (TPSA) is 78.8 Å². The normalized spacial score (nSPS) is 24.6. The number of nitrogens with one attached hydrogen (secondary N) is 1. The number of hydrogen-bond donors (Lipinski definition) is 1. The summed E-state index contributed by atoms with van der Waals surface area (Å²) in [5.41, 5.74) is 3.96. The molecule has 2 unspecified atom stereocenters. The van der Waals surface area contributed by atoms with Gasteiger partial charge in [-0.2, -0.15) is 0 Å². The molecule has 2 aromatic rings. The maximum Gasteiger partial charge on any atom is 0.254 e. The van der Waals surface area contributed by atoms with Gasteiger partial charge in [-0.15, -0.1) is 0 Å². The van der Waals surface area contributed by atoms with E-state index in [0.29, 0.717) is 18.7 Å². The van der Waals surface area contributed by atoms with E-state index in [9.17, 15) is 13.2 Å². The number of benzene rings is 2. The number of sulfone groups is 1. The Morgan fingerprint density at radius 1 is 1.10 bits per heavy atom. The maximum atomic E-state index is 13.0. The van der Waals surface area contributed by atoms with E-state index in [4.69, 9.17) is 0 Å². The lowest BCUT2D eigenvalue weighted by molar-refractivity contribution is 0.0735. The van der Waals surface area contributed by atoms with Gasteiger partial charge in [0.25, 0.3) is 5.91 Å². The highest BCUT2D eigenvalue weighted by Gasteiger charge is 2.42. The number of carbonyl (C=O) groups excluding carboxylic acids is 1. The highest BCUT2D eigenvalue weighted by Crippen LogP contribution is 2.34. The molecule has 1 N–H and O–H groups in total. The van der Waals surface area contributed by atoms with Gasteiger partial charge in [-0.05, 0) is 35.7 Å². The zero-order valence-corrected chi connectivity index (χ0v) is 17.4. The van der Waals surface area contributed by atoms with E-state index in [1.54, 1.807) is 0 Å². The summed E-state index contributed by atoms with van der Waals surface area (Å²) in [6.45, 7) is 1.35. The number of thioether (sulfide) groups is 1. The molecule has 150 valence electrons. The monoisotopic (exact) mass is 427 g/mol. The lowest BCUT2D eigenvalue weighted by atomic mass is 9.99. The zero-order valence-electron chi connectivity index (χ0n) is 15.7. The van der Waals surface area contributed by atoms with E-state index >= 15 is 0 Å². The number of anilines is 1. The number of amidine groups is 1. The van der Waals surface area contributed by atoms with Crippen LogP contribution in [0.1, 0.15) is 21.5 Å². The molecule has 0 bridgehead atoms. The molecule has 5 rings (SSSR count). The molecule has 0 radical (unpaired) electrons. The van der Waals surface area contributed by atoms with Crippen LogP contribution in [-0.4, -0.2) is 53.7 Å². The Balaban J connectivity index is 1.29. The molecule has 3 aliphatic heterocycles. The molecular weight excluding hydrogens is 406 g/mol. The predicted molar refractivity (Wildman–Crippen MR) is 116 cm³/mol. The van der Waals surface area contributed by atoms with Gasteiger partial charge in [0.05, 0.1) is 17.5 Å². The number of rotatable bonds is 2. The van der Waals surface area contributed by atoms with Crippen LogP contribution in [0, 0.1) is 0 Å². The predicted octanol–water partition coefficient (Wildman–Crippen LogP) is 2.57. The molecule has 0 aromatic heterocycles. The van der Waals surface area contributed by atoms with E-state index in [2.05, 4.69) is 22.4 Å². The van der Waals surface area contributed by atoms with Crippen molar-refractivity contribution in [3.05, 3.63) is 65.2 Å². The van der Waals surface area contributed by atoms with Crippen molar-refractivity contribution in [2.24, 2.45) is 4.99 Å². The third kappa shape index (κ3) is 3.79. The molecule has 1 amide bonds. The highest BCUT2D eigenvalue weighted by atomic mass is 32.2. The Hall–Kier alpha value is -2.32. The van der Waals surface area contributed by atoms with Gasteiger partial charge in [0.1, 0.15) is 0 Å². The van der Waals surface area contributed by atoms with Crippen molar-refractivity contribution in [3.8, 4) is 0 Å². The molecule has 0 aliphatic carbocycles. The number of amides is 1. The fourth-order valence-corrected chi connectivity index (χ4v) is 7.80. The van der Waals surface area contributed by atoms with Crippen molar-refractivity contribution < 1.29 is 13.2 Å². The second-order valence-corrected chi connectivity index (χ2v) is 11.1. The summed E-state index contributed by atoms with van der Waals surface area (Å²) in [7, 11) is -2.96. The first-order valence-corrected chi connectivity index (χ1v) is 12.3. The van der Waals surface area contributed by atoms with Crippen molar-refractivity contribution in [1.82, 2.24) is 4.90 Å². The van der Waals surface area contributed by atoms with Gasteiger partial charge in [-0.1, -0.05) is 42.1 Å². The second-order valence-electron chi connectivity index (χ2n) is 7.69. The Morgan fingerprint density at radius 2 is 1.93 bits per heavy atom. The van der Waals surface area contributed by atoms with E-state index in [-0.39, 0.29) is 28.7 Å². The summed E-state index contributed by atoms with van der Waals surface area (Å²) >= 11 is 1.48. The molecule has 0 saturated carbocycles. The van der Waals surface area contributed by atoms with E-state index in [1.165, 1.54) is 22.9 Å². The average molecular weight is 428 g/mol. The third-order valence-corrected chi connectivity index (χ3v) is 8.74. The lowest BCUT2D eigenvalue weighted by Crippen LogP contribution is -2.35. The molecule has 1 fully saturated rings. The molecule has 0 spiro atoms. The van der Waals surface area contributed by atoms with Gasteiger partial charge in [-0.3, -0.25) is 9.79 Å². The molecule has 2 aromatic carbocycles. The summed E-state index contributed by atoms with van der Waals surface area (Å²) < 4.78 is 23.4. The van der Waals surface area contributed by atoms with Crippen LogP contribution < -0.4 is 5.32 Å². The molecule has 2 atom stereocenters. The van der Waals surface area contributed by atoms with Gasteiger partial charge in [0.2, 0.25) is 0 Å². The third-order valence-electron chi connectivity index (χ3n) is 5.60. The van der Waals surface area contributed by atoms with Crippen LogP contribution in [0.2, 0.25) is 0 Å². The molecular formula is C21H21N3O3S2. The van der Waals surface area contributed by atoms with Gasteiger partial charge in [-0.25, -0.2) is 8.42 Å². The quantitative estimate of drug-likeness (QED) is 0.797. The fourth-order valence-electron chi connectivity index (χ4n) is 4.12. The largest absolute Gasteiger partial charge is 0.335 e. The van der Waals surface area contributed by atoms with Gasteiger partial charge in [0, 0.05) is 29.6 Å². The van der Waals surface area contributed by atoms with E-state index in [0.717, 1.165) is 17.3 Å². The van der Waals surface area contributed by atoms with Crippen LogP contribution in [0.5, 0.6) is 0 Å². The first-order valence-electron chi connectivity index (χ1n) is 9.65. The Morgan fingerprint density at radius 3 is 2.76 bits per heavy atom. The van der Waals surface area contributed by atoms with Gasteiger partial charge in [0.15, 0.2) is 15.0 Å². The summed E-state index contributed by atoms with van der Waals surface area (Å²) in [5, 5.41) is 3.99. The van der Waals surface area contributed by atoms with Crippen LogP contribution in [0.3, 0.4) is 0 Å². The van der Waals surface area contributed by atoms with Crippen LogP contribution in [-0.2, 0) is 22.8 Å². The molecule has 8 heteroatoms. The van der Waals surface area contributed by atoms with Crippen molar-refractivity contribution in [3.63, 3.8) is 0 Å². The van der Waals surface area contributed by atoms with E-state index in [1.807, 2.05) is 41.3 Å². The standard InChI is InChI=1S/C21H21N3O3S2/c25-20(24-9-8-14-4-1-2-5-16(14)11-24)15-6-3-7-17(10-15)22-21-23-18-12-29(26,27)13-19(18)28-21/h1-7,10,18-19H,8-9,11-13H2,(H,22,23). The summed E-state index contributed by atoms with van der Waals surface area (Å²) in [5.74, 6) is 0.337. The van der Waals surface area contributed by atoms with Crippen molar-refractivity contribution in [1.29, 1.82) is 0 Å². The highest BCUT2D eigenvalue weighted by molar-refractivity contribution is 8.15. The van der Waals surface area contributed by atoms with Gasteiger partial charge >= 0.3 is 0 Å². The molecule has 3 aliphatic rings. The number of carbonyl (C=O) groups is 1. The SMILES string of the molecule is O=C(c1cccc(NC2=NC3CS(=O)(=O)CC3S2)c1)N1CCc2ccccc2C1. The Kier molecular flexibility index (Phi) is 4.63. The first-order chi connectivity index (χ1) is 14.0. The Bertz CT molecular complexity index is 1110. The fraction of sp³-hybridized carbons (Fsp3) is 0.333. The molecule has 3 heterocycles. The average Bonchev–Trinajstić information content (AvgIpc) is 3.19. The summed E-state index contributed by atoms with van der Waals surface area (Å²) in [6.07, 6.45) is 0.874. The number of hydrogen-bond acceptors (Lipinski definition) is 6. The van der Waals surface area contributed by atoms with Crippen LogP contribution in [0.25, 0.3) is 0 Å². The van der Waals surface area contributed by atoms with Crippen LogP contribution in [0.15, 0.2) is 53.5 Å². The van der Waals surface area contributed by atoms with Gasteiger partial charge < -0.3 is 10.2 Å². The number of fused-ring (bicyclic) bond motifs is 2. The number of aliphatic imine (C=N–C) groups is 1. The smallest absolute Gasteiger partial charge is 0.254 e. The second kappa shape index (κ2) is 7.18. The van der Waals surface area contributed by atoms with Crippen molar-refractivity contribution in [2.75, 3.05) is 23.4 Å². The Labute approximate surface area is 174 Å². The maximum absolute atomic E-state index is 13.0. The molecule has 1 saturated heterocycles. The van der Waals surface area contributed by atoms with Crippen molar-refractivity contribution in [2.45, 2.75) is 24.3 Å². The summed E-state index contributed by atoms with van der Waals surface area (Å²) in [6, 6.07) is 15.5. The van der Waals surface area contributed by atoms with Crippen LogP contribution >= 0.6 is 11.8 Å². The minimum Gasteiger partial charge on any atom is -0.335 e. The van der Waals surface area contributed by atoms with Crippen molar-refractivity contribution >= 4 is 38.4 Å². The minimum absolute atomic E-state index is 0.000678.